The Morgan fingerprint density at radius 2 is 1.89 bits per heavy atom. The summed E-state index contributed by atoms with van der Waals surface area (Å²) in [4.78, 5) is 18.6. The lowest BCUT2D eigenvalue weighted by atomic mass is 10.1. The highest BCUT2D eigenvalue weighted by Crippen LogP contribution is 2.37. The Labute approximate surface area is 170 Å². The third-order valence-electron chi connectivity index (χ3n) is 4.32. The summed E-state index contributed by atoms with van der Waals surface area (Å²) in [6, 6.07) is 21.3. The van der Waals surface area contributed by atoms with Gasteiger partial charge in [0, 0.05) is 10.3 Å². The van der Waals surface area contributed by atoms with Gasteiger partial charge >= 0.3 is 0 Å². The van der Waals surface area contributed by atoms with Crippen molar-refractivity contribution in [2.45, 2.75) is 16.8 Å². The van der Waals surface area contributed by atoms with Gasteiger partial charge in [-0.2, -0.15) is 5.26 Å². The molecular weight excluding hydrogens is 386 g/mol. The Kier molecular flexibility index (Phi) is 5.11. The molecule has 2 aromatic carbocycles. The Bertz CT molecular complexity index is 1210. The van der Waals surface area contributed by atoms with E-state index in [0.717, 1.165) is 21.4 Å². The van der Waals surface area contributed by atoms with Gasteiger partial charge in [0.25, 0.3) is 5.91 Å². The third-order valence-corrected chi connectivity index (χ3v) is 6.25. The van der Waals surface area contributed by atoms with Crippen molar-refractivity contribution in [1.82, 2.24) is 4.98 Å². The fourth-order valence-corrected chi connectivity index (χ4v) is 4.56. The van der Waals surface area contributed by atoms with Crippen LogP contribution in [0.1, 0.15) is 20.8 Å². The number of thiophene rings is 1. The van der Waals surface area contributed by atoms with E-state index in [2.05, 4.69) is 11.4 Å². The number of aryl methyl sites for hydroxylation is 1. The lowest BCUT2D eigenvalue weighted by molar-refractivity contribution is 0.103. The number of hydrogen-bond acceptors (Lipinski definition) is 5. The fourth-order valence-electron chi connectivity index (χ4n) is 2.91. The van der Waals surface area contributed by atoms with Gasteiger partial charge in [-0.15, -0.1) is 11.3 Å². The van der Waals surface area contributed by atoms with Gasteiger partial charge in [0.05, 0.1) is 21.6 Å². The Hall–Kier alpha value is -3.14. The van der Waals surface area contributed by atoms with Crippen LogP contribution >= 0.6 is 23.1 Å². The molecule has 0 aliphatic heterocycles. The van der Waals surface area contributed by atoms with Gasteiger partial charge in [0.15, 0.2) is 0 Å². The summed E-state index contributed by atoms with van der Waals surface area (Å²) >= 11 is 2.78. The summed E-state index contributed by atoms with van der Waals surface area (Å²) in [6.45, 7) is 1.94. The maximum atomic E-state index is 12.5. The molecule has 0 aliphatic carbocycles. The molecule has 0 spiro atoms. The lowest BCUT2D eigenvalue weighted by Gasteiger charge is -2.12. The Morgan fingerprint density at radius 3 is 2.68 bits per heavy atom. The van der Waals surface area contributed by atoms with Crippen LogP contribution in [0.5, 0.6) is 0 Å². The minimum absolute atomic E-state index is 0.147. The Balaban J connectivity index is 1.72. The zero-order valence-electron chi connectivity index (χ0n) is 15.0. The number of anilines is 1. The van der Waals surface area contributed by atoms with Crippen LogP contribution < -0.4 is 5.32 Å². The normalized spacial score (nSPS) is 10.6. The first-order chi connectivity index (χ1) is 13.7. The topological polar surface area (TPSA) is 65.8 Å². The standard InChI is InChI=1S/C22H15N3OS2/c1-14-15-7-2-3-8-17(15)25-22(16(14)13-23)28-19-10-5-4-9-18(19)24-21(26)20-11-6-12-27-20/h2-12H,1H3,(H,24,26). The molecule has 0 saturated heterocycles. The number of nitrogens with zero attached hydrogens (tertiary/aromatic N) is 2. The van der Waals surface area contributed by atoms with Crippen LogP contribution in [0.4, 0.5) is 5.69 Å². The number of aromatic nitrogens is 1. The number of para-hydroxylation sites is 2. The van der Waals surface area contributed by atoms with E-state index < -0.39 is 0 Å². The molecule has 0 fully saturated rings. The predicted molar refractivity (Wildman–Crippen MR) is 114 cm³/mol. The summed E-state index contributed by atoms with van der Waals surface area (Å²) in [7, 11) is 0. The molecular formula is C22H15N3OS2. The SMILES string of the molecule is Cc1c(C#N)c(Sc2ccccc2NC(=O)c2cccs2)nc2ccccc12. The maximum absolute atomic E-state index is 12.5. The van der Waals surface area contributed by atoms with Gasteiger partial charge in [0.2, 0.25) is 0 Å². The quantitative estimate of drug-likeness (QED) is 0.464. The largest absolute Gasteiger partial charge is 0.320 e. The van der Waals surface area contributed by atoms with Gasteiger partial charge in [-0.1, -0.05) is 48.2 Å². The molecule has 0 atom stereocenters. The van der Waals surface area contributed by atoms with Crippen molar-refractivity contribution in [1.29, 1.82) is 5.26 Å². The molecule has 136 valence electrons. The van der Waals surface area contributed by atoms with Crippen LogP contribution in [0.3, 0.4) is 0 Å². The number of nitrogens with one attached hydrogen (secondary N) is 1. The van der Waals surface area contributed by atoms with Crippen molar-refractivity contribution in [3.8, 4) is 6.07 Å². The molecule has 0 radical (unpaired) electrons. The number of pyridine rings is 1. The molecule has 0 saturated carbocycles. The molecule has 4 aromatic rings. The number of amides is 1. The molecule has 2 heterocycles. The number of rotatable bonds is 4. The van der Waals surface area contributed by atoms with Crippen molar-refractivity contribution in [3.63, 3.8) is 0 Å². The molecule has 4 nitrogen and oxygen atoms in total. The molecule has 1 amide bonds. The van der Waals surface area contributed by atoms with Crippen LogP contribution in [-0.4, -0.2) is 10.9 Å². The summed E-state index contributed by atoms with van der Waals surface area (Å²) < 4.78 is 0. The van der Waals surface area contributed by atoms with E-state index in [4.69, 9.17) is 4.98 Å². The average Bonchev–Trinajstić information content (AvgIpc) is 3.25. The van der Waals surface area contributed by atoms with Crippen LogP contribution in [0.15, 0.2) is 76.0 Å². The van der Waals surface area contributed by atoms with Gasteiger partial charge in [-0.25, -0.2) is 4.98 Å². The van der Waals surface area contributed by atoms with E-state index in [0.29, 0.717) is 21.2 Å². The molecule has 0 unspecified atom stereocenters. The van der Waals surface area contributed by atoms with E-state index in [9.17, 15) is 10.1 Å². The van der Waals surface area contributed by atoms with Crippen molar-refractivity contribution >= 4 is 45.6 Å². The first-order valence-electron chi connectivity index (χ1n) is 8.58. The van der Waals surface area contributed by atoms with E-state index in [1.807, 2.05) is 66.9 Å². The number of carbonyl (C=O) groups is 1. The van der Waals surface area contributed by atoms with Gasteiger partial charge in [0.1, 0.15) is 11.1 Å². The highest BCUT2D eigenvalue weighted by Gasteiger charge is 2.16. The van der Waals surface area contributed by atoms with Crippen molar-refractivity contribution in [2.75, 3.05) is 5.32 Å². The van der Waals surface area contributed by atoms with Crippen molar-refractivity contribution < 1.29 is 4.79 Å². The van der Waals surface area contributed by atoms with Gasteiger partial charge < -0.3 is 5.32 Å². The zero-order valence-corrected chi connectivity index (χ0v) is 16.6. The molecule has 0 aliphatic rings. The lowest BCUT2D eigenvalue weighted by Crippen LogP contribution is -2.10. The minimum Gasteiger partial charge on any atom is -0.320 e. The van der Waals surface area contributed by atoms with Crippen molar-refractivity contribution in [2.24, 2.45) is 0 Å². The van der Waals surface area contributed by atoms with Crippen LogP contribution in [0, 0.1) is 18.3 Å². The predicted octanol–water partition coefficient (Wildman–Crippen LogP) is 5.88. The van der Waals surface area contributed by atoms with Gasteiger partial charge in [-0.3, -0.25) is 4.79 Å². The second kappa shape index (κ2) is 7.85. The monoisotopic (exact) mass is 401 g/mol. The molecule has 4 rings (SSSR count). The maximum Gasteiger partial charge on any atom is 0.265 e. The third kappa shape index (κ3) is 3.50. The van der Waals surface area contributed by atoms with Crippen LogP contribution in [0.2, 0.25) is 0 Å². The van der Waals surface area contributed by atoms with Gasteiger partial charge in [-0.05, 0) is 42.1 Å². The smallest absolute Gasteiger partial charge is 0.265 e. The van der Waals surface area contributed by atoms with E-state index in [-0.39, 0.29) is 5.91 Å². The van der Waals surface area contributed by atoms with Crippen molar-refractivity contribution in [3.05, 3.63) is 82.0 Å². The second-order valence-corrected chi connectivity index (χ2v) is 8.05. The first-order valence-corrected chi connectivity index (χ1v) is 10.3. The number of benzene rings is 2. The second-order valence-electron chi connectivity index (χ2n) is 6.08. The van der Waals surface area contributed by atoms with Crippen LogP contribution in [0.25, 0.3) is 10.9 Å². The minimum atomic E-state index is -0.147. The molecule has 28 heavy (non-hydrogen) atoms. The molecule has 6 heteroatoms. The van der Waals surface area contributed by atoms with E-state index >= 15 is 0 Å². The molecule has 1 N–H and O–H groups in total. The summed E-state index contributed by atoms with van der Waals surface area (Å²) in [5, 5.41) is 16.1. The number of nitriles is 1. The zero-order chi connectivity index (χ0) is 19.5. The molecule has 0 bridgehead atoms. The van der Waals surface area contributed by atoms with E-state index in [1.165, 1.54) is 23.1 Å². The first kappa shape index (κ1) is 18.2. The summed E-state index contributed by atoms with van der Waals surface area (Å²) in [5.41, 5.74) is 3.02. The summed E-state index contributed by atoms with van der Waals surface area (Å²) in [6.07, 6.45) is 0. The summed E-state index contributed by atoms with van der Waals surface area (Å²) in [5.74, 6) is -0.147. The number of carbonyl (C=O) groups excluding carboxylic acids is 1. The fraction of sp³-hybridized carbons (Fsp3) is 0.0455. The Morgan fingerprint density at radius 1 is 1.11 bits per heavy atom. The number of fused-ring (bicyclic) bond motifs is 1. The van der Waals surface area contributed by atoms with Crippen LogP contribution in [-0.2, 0) is 0 Å². The highest BCUT2D eigenvalue weighted by atomic mass is 32.2. The average molecular weight is 402 g/mol. The molecule has 2 aromatic heterocycles. The van der Waals surface area contributed by atoms with E-state index in [1.54, 1.807) is 6.07 Å². The highest BCUT2D eigenvalue weighted by molar-refractivity contribution is 7.99. The number of hydrogen-bond donors (Lipinski definition) is 1.